The lowest BCUT2D eigenvalue weighted by Gasteiger charge is -2.34. The van der Waals surface area contributed by atoms with Gasteiger partial charge in [-0.1, -0.05) is 11.8 Å². The van der Waals surface area contributed by atoms with Crippen LogP contribution in [0.3, 0.4) is 0 Å². The number of pyridine rings is 1. The Morgan fingerprint density at radius 2 is 1.61 bits per heavy atom. The Bertz CT molecular complexity index is 1070. The first-order chi connectivity index (χ1) is 15.3. The second kappa shape index (κ2) is 8.81. The van der Waals surface area contributed by atoms with Gasteiger partial charge in [-0.3, -0.25) is 4.79 Å². The van der Waals surface area contributed by atoms with Gasteiger partial charge >= 0.3 is 0 Å². The first kappa shape index (κ1) is 19.6. The van der Waals surface area contributed by atoms with Gasteiger partial charge in [-0.25, -0.2) is 15.0 Å². The Balaban J connectivity index is 1.30. The number of ether oxygens (including phenoxy) is 2. The highest BCUT2D eigenvalue weighted by molar-refractivity contribution is 7.99. The first-order valence-corrected chi connectivity index (χ1v) is 10.9. The molecule has 1 fully saturated rings. The van der Waals surface area contributed by atoms with Crippen LogP contribution in [0.2, 0.25) is 0 Å². The summed E-state index contributed by atoms with van der Waals surface area (Å²) < 4.78 is 11.3. The molecule has 158 valence electrons. The van der Waals surface area contributed by atoms with E-state index in [1.807, 2.05) is 29.2 Å². The monoisotopic (exact) mass is 435 g/mol. The van der Waals surface area contributed by atoms with Gasteiger partial charge in [-0.05, 0) is 36.4 Å². The van der Waals surface area contributed by atoms with Crippen molar-refractivity contribution in [3.63, 3.8) is 0 Å². The van der Waals surface area contributed by atoms with E-state index >= 15 is 0 Å². The van der Waals surface area contributed by atoms with Gasteiger partial charge in [0, 0.05) is 49.7 Å². The van der Waals surface area contributed by atoms with Gasteiger partial charge in [0.05, 0.1) is 5.56 Å². The minimum Gasteiger partial charge on any atom is -0.486 e. The van der Waals surface area contributed by atoms with E-state index in [-0.39, 0.29) is 5.91 Å². The quantitative estimate of drug-likeness (QED) is 0.619. The van der Waals surface area contributed by atoms with Crippen LogP contribution in [0, 0.1) is 0 Å². The predicted molar refractivity (Wildman–Crippen MR) is 116 cm³/mol. The molecule has 0 N–H and O–H groups in total. The maximum atomic E-state index is 13.3. The second-order valence-corrected chi connectivity index (χ2v) is 8.15. The molecular weight excluding hydrogens is 414 g/mol. The number of fused-ring (bicyclic) bond motifs is 1. The lowest BCUT2D eigenvalue weighted by molar-refractivity contribution is 0.0742. The summed E-state index contributed by atoms with van der Waals surface area (Å²) in [5.74, 6) is 2.15. The van der Waals surface area contributed by atoms with Crippen LogP contribution in [0.4, 0.5) is 5.95 Å². The van der Waals surface area contributed by atoms with Crippen molar-refractivity contribution in [2.75, 3.05) is 44.3 Å². The molecule has 0 radical (unpaired) electrons. The normalized spacial score (nSPS) is 15.6. The molecular formula is C22H21N5O3S. The molecule has 0 bridgehead atoms. The fourth-order valence-corrected chi connectivity index (χ4v) is 4.47. The van der Waals surface area contributed by atoms with E-state index in [2.05, 4.69) is 19.9 Å². The maximum Gasteiger partial charge on any atom is 0.256 e. The highest BCUT2D eigenvalue weighted by Gasteiger charge is 2.25. The number of rotatable bonds is 4. The summed E-state index contributed by atoms with van der Waals surface area (Å²) in [7, 11) is 0. The van der Waals surface area contributed by atoms with Gasteiger partial charge in [0.1, 0.15) is 18.2 Å². The molecule has 4 heterocycles. The molecule has 0 saturated carbocycles. The van der Waals surface area contributed by atoms with Crippen LogP contribution >= 0.6 is 11.8 Å². The Kier molecular flexibility index (Phi) is 5.57. The van der Waals surface area contributed by atoms with Crippen molar-refractivity contribution >= 4 is 23.6 Å². The molecule has 3 aromatic rings. The zero-order valence-corrected chi connectivity index (χ0v) is 17.6. The summed E-state index contributed by atoms with van der Waals surface area (Å²) in [5.41, 5.74) is 0.604. The number of piperazine rings is 1. The van der Waals surface area contributed by atoms with Crippen molar-refractivity contribution in [1.82, 2.24) is 19.9 Å². The molecule has 0 aliphatic carbocycles. The molecule has 1 aromatic carbocycles. The third kappa shape index (κ3) is 4.27. The highest BCUT2D eigenvalue weighted by Crippen LogP contribution is 2.37. The fraction of sp³-hybridized carbons (Fsp3) is 0.273. The molecule has 2 aliphatic heterocycles. The zero-order chi connectivity index (χ0) is 21.0. The average Bonchev–Trinajstić information content (AvgIpc) is 2.84. The van der Waals surface area contributed by atoms with Crippen LogP contribution in [-0.2, 0) is 0 Å². The lowest BCUT2D eigenvalue weighted by Crippen LogP contribution is -2.49. The molecule has 31 heavy (non-hydrogen) atoms. The van der Waals surface area contributed by atoms with Gasteiger partial charge in [0.2, 0.25) is 5.95 Å². The lowest BCUT2D eigenvalue weighted by atomic mass is 10.2. The number of hydrogen-bond acceptors (Lipinski definition) is 8. The van der Waals surface area contributed by atoms with Gasteiger partial charge in [-0.2, -0.15) is 0 Å². The van der Waals surface area contributed by atoms with Crippen molar-refractivity contribution < 1.29 is 14.3 Å². The van der Waals surface area contributed by atoms with E-state index in [1.165, 1.54) is 11.8 Å². The van der Waals surface area contributed by atoms with Crippen LogP contribution in [0.1, 0.15) is 10.4 Å². The van der Waals surface area contributed by atoms with E-state index < -0.39 is 0 Å². The number of aromatic nitrogens is 3. The number of carbonyl (C=O) groups excluding carboxylic acids is 1. The zero-order valence-electron chi connectivity index (χ0n) is 16.8. The summed E-state index contributed by atoms with van der Waals surface area (Å²) in [6, 6.07) is 11.2. The Morgan fingerprint density at radius 1 is 0.871 bits per heavy atom. The van der Waals surface area contributed by atoms with Gasteiger partial charge in [-0.15, -0.1) is 0 Å². The first-order valence-electron chi connectivity index (χ1n) is 10.1. The third-order valence-corrected chi connectivity index (χ3v) is 6.14. The van der Waals surface area contributed by atoms with Crippen molar-refractivity contribution in [3.8, 4) is 11.5 Å². The molecule has 0 unspecified atom stereocenters. The summed E-state index contributed by atoms with van der Waals surface area (Å²) in [6.07, 6.45) is 5.18. The summed E-state index contributed by atoms with van der Waals surface area (Å²) in [4.78, 5) is 31.3. The second-order valence-electron chi connectivity index (χ2n) is 7.09. The summed E-state index contributed by atoms with van der Waals surface area (Å²) in [6.45, 7) is 3.71. The standard InChI is InChI=1S/C22H21N5O3S/c28-21(26-9-11-27(12-10-26)22-24-7-2-8-25-22)17-3-1-6-23-20(17)31-16-4-5-18-19(15-16)30-14-13-29-18/h1-8,15H,9-14H2. The molecule has 2 aliphatic rings. The largest absolute Gasteiger partial charge is 0.486 e. The number of anilines is 1. The van der Waals surface area contributed by atoms with Crippen LogP contribution < -0.4 is 14.4 Å². The number of nitrogens with zero attached hydrogens (tertiary/aromatic N) is 5. The Labute approximate surface area is 184 Å². The molecule has 1 saturated heterocycles. The molecule has 8 nitrogen and oxygen atoms in total. The highest BCUT2D eigenvalue weighted by atomic mass is 32.2. The average molecular weight is 436 g/mol. The SMILES string of the molecule is O=C(c1cccnc1Sc1ccc2c(c1)OCCO2)N1CCN(c2ncccn2)CC1. The topological polar surface area (TPSA) is 80.7 Å². The molecule has 1 amide bonds. The molecule has 9 heteroatoms. The van der Waals surface area contributed by atoms with Crippen LogP contribution in [0.5, 0.6) is 11.5 Å². The van der Waals surface area contributed by atoms with Gasteiger partial charge in [0.15, 0.2) is 11.5 Å². The smallest absolute Gasteiger partial charge is 0.256 e. The van der Waals surface area contributed by atoms with Crippen molar-refractivity contribution in [2.45, 2.75) is 9.92 Å². The number of carbonyl (C=O) groups is 1. The molecule has 0 atom stereocenters. The number of amides is 1. The number of hydrogen-bond donors (Lipinski definition) is 0. The van der Waals surface area contributed by atoms with Crippen LogP contribution in [-0.4, -0.2) is 65.2 Å². The minimum absolute atomic E-state index is 0.0122. The third-order valence-electron chi connectivity index (χ3n) is 5.13. The van der Waals surface area contributed by atoms with Crippen LogP contribution in [0.25, 0.3) is 0 Å². The van der Waals surface area contributed by atoms with Gasteiger partial charge < -0.3 is 19.3 Å². The Morgan fingerprint density at radius 3 is 2.42 bits per heavy atom. The predicted octanol–water partition coefficient (Wildman–Crippen LogP) is 2.76. The van der Waals surface area contributed by atoms with Crippen molar-refractivity contribution in [1.29, 1.82) is 0 Å². The fourth-order valence-electron chi connectivity index (χ4n) is 3.57. The van der Waals surface area contributed by atoms with E-state index in [0.717, 1.165) is 16.4 Å². The van der Waals surface area contributed by atoms with E-state index in [1.54, 1.807) is 30.7 Å². The minimum atomic E-state index is -0.0122. The van der Waals surface area contributed by atoms with Gasteiger partial charge in [0.25, 0.3) is 5.91 Å². The molecule has 0 spiro atoms. The summed E-state index contributed by atoms with van der Waals surface area (Å²) >= 11 is 1.45. The van der Waals surface area contributed by atoms with Crippen molar-refractivity contribution in [3.05, 3.63) is 60.6 Å². The van der Waals surface area contributed by atoms with E-state index in [0.29, 0.717) is 55.9 Å². The molecule has 5 rings (SSSR count). The Hall–Kier alpha value is -3.33. The maximum absolute atomic E-state index is 13.3. The van der Waals surface area contributed by atoms with E-state index in [4.69, 9.17) is 9.47 Å². The summed E-state index contributed by atoms with van der Waals surface area (Å²) in [5, 5.41) is 0.679. The van der Waals surface area contributed by atoms with Crippen molar-refractivity contribution in [2.24, 2.45) is 0 Å². The van der Waals surface area contributed by atoms with E-state index in [9.17, 15) is 4.79 Å². The molecule has 2 aromatic heterocycles. The number of benzene rings is 1. The van der Waals surface area contributed by atoms with Crippen LogP contribution in [0.15, 0.2) is 64.9 Å².